The molecular weight excluding hydrogens is 332 g/mol. The number of alkyl halides is 2. The Morgan fingerprint density at radius 1 is 1.40 bits per heavy atom. The van der Waals surface area contributed by atoms with E-state index in [1.165, 1.54) is 12.3 Å². The normalized spacial score (nSPS) is 32.1. The molecule has 3 aliphatic rings. The highest BCUT2D eigenvalue weighted by molar-refractivity contribution is 5.95. The van der Waals surface area contributed by atoms with Crippen LogP contribution in [0.2, 0.25) is 0 Å². The summed E-state index contributed by atoms with van der Waals surface area (Å²) in [4.78, 5) is 26.3. The predicted molar refractivity (Wildman–Crippen MR) is 80.6 cm³/mol. The van der Waals surface area contributed by atoms with Crippen molar-refractivity contribution < 1.29 is 22.8 Å². The van der Waals surface area contributed by atoms with Crippen molar-refractivity contribution in [2.24, 2.45) is 11.8 Å². The fraction of sp³-hybridized carbons (Fsp3) is 0.588. The Bertz CT molecular complexity index is 769. The van der Waals surface area contributed by atoms with Crippen LogP contribution >= 0.6 is 0 Å². The third-order valence-electron chi connectivity index (χ3n) is 5.34. The van der Waals surface area contributed by atoms with Crippen LogP contribution in [-0.2, 0) is 4.79 Å². The van der Waals surface area contributed by atoms with Crippen LogP contribution in [-0.4, -0.2) is 41.3 Å². The molecule has 1 saturated heterocycles. The molecule has 0 aromatic carbocycles. The van der Waals surface area contributed by atoms with Gasteiger partial charge < -0.3 is 14.6 Å². The average molecular weight is 349 g/mol. The lowest BCUT2D eigenvalue weighted by molar-refractivity contribution is -0.124. The van der Waals surface area contributed by atoms with Gasteiger partial charge in [0.1, 0.15) is 18.3 Å². The van der Waals surface area contributed by atoms with Crippen molar-refractivity contribution in [3.05, 3.63) is 23.7 Å². The van der Waals surface area contributed by atoms with Gasteiger partial charge in [0.05, 0.1) is 17.6 Å². The van der Waals surface area contributed by atoms with E-state index in [1.54, 1.807) is 4.90 Å². The SMILES string of the molecule is N#Cc1cc(C(=O)N2CCCCC3C(NC(=O)C4CC4(F)F)C32)co1. The summed E-state index contributed by atoms with van der Waals surface area (Å²) in [6.45, 7) is 0.541. The van der Waals surface area contributed by atoms with E-state index < -0.39 is 24.2 Å². The molecule has 2 saturated carbocycles. The van der Waals surface area contributed by atoms with Crippen molar-refractivity contribution in [2.45, 2.75) is 43.7 Å². The number of hydrogen-bond donors (Lipinski definition) is 1. The highest BCUT2D eigenvalue weighted by Gasteiger charge is 2.63. The van der Waals surface area contributed by atoms with Crippen LogP contribution in [0, 0.1) is 23.2 Å². The number of nitriles is 1. The van der Waals surface area contributed by atoms with Crippen molar-refractivity contribution >= 4 is 11.8 Å². The maximum atomic E-state index is 13.1. The molecule has 6 nitrogen and oxygen atoms in total. The summed E-state index contributed by atoms with van der Waals surface area (Å²) in [5.41, 5.74) is 0.294. The Labute approximate surface area is 142 Å². The molecule has 0 spiro atoms. The molecule has 0 radical (unpaired) electrons. The highest BCUT2D eigenvalue weighted by atomic mass is 19.3. The third-order valence-corrected chi connectivity index (χ3v) is 5.34. The largest absolute Gasteiger partial charge is 0.453 e. The number of fused-ring (bicyclic) bond motifs is 1. The maximum absolute atomic E-state index is 13.1. The number of furan rings is 1. The standard InChI is InChI=1S/C17H17F2N3O3/c18-17(19)6-12(17)15(23)21-13-11-3-1-2-4-22(14(11)13)16(24)9-5-10(7-20)25-8-9/h5,8,11-14H,1-4,6H2,(H,21,23). The number of amides is 2. The first kappa shape index (κ1) is 16.1. The topological polar surface area (TPSA) is 86.3 Å². The molecule has 4 atom stereocenters. The van der Waals surface area contributed by atoms with Gasteiger partial charge in [-0.15, -0.1) is 0 Å². The Morgan fingerprint density at radius 2 is 2.16 bits per heavy atom. The molecule has 132 valence electrons. The van der Waals surface area contributed by atoms with E-state index in [2.05, 4.69) is 5.32 Å². The molecule has 1 aliphatic heterocycles. The van der Waals surface area contributed by atoms with Crippen LogP contribution in [0.5, 0.6) is 0 Å². The summed E-state index contributed by atoms with van der Waals surface area (Å²) in [5, 5.41) is 11.5. The predicted octanol–water partition coefficient (Wildman–Crippen LogP) is 1.92. The van der Waals surface area contributed by atoms with Crippen molar-refractivity contribution in [3.8, 4) is 6.07 Å². The number of rotatable bonds is 3. The summed E-state index contributed by atoms with van der Waals surface area (Å²) in [7, 11) is 0. The van der Waals surface area contributed by atoms with E-state index in [4.69, 9.17) is 9.68 Å². The van der Waals surface area contributed by atoms with Crippen LogP contribution in [0.1, 0.15) is 41.8 Å². The first-order valence-corrected chi connectivity index (χ1v) is 8.40. The van der Waals surface area contributed by atoms with E-state index in [0.717, 1.165) is 19.3 Å². The molecule has 1 aromatic rings. The zero-order valence-electron chi connectivity index (χ0n) is 13.4. The highest BCUT2D eigenvalue weighted by Crippen LogP contribution is 2.50. The number of likely N-dealkylation sites (tertiary alicyclic amines) is 1. The number of nitrogens with one attached hydrogen (secondary N) is 1. The molecule has 1 aromatic heterocycles. The van der Waals surface area contributed by atoms with Crippen molar-refractivity contribution in [2.75, 3.05) is 6.54 Å². The minimum Gasteiger partial charge on any atom is -0.453 e. The number of nitrogens with zero attached hydrogens (tertiary/aromatic N) is 2. The van der Waals surface area contributed by atoms with E-state index in [-0.39, 0.29) is 29.7 Å². The van der Waals surface area contributed by atoms with Crippen LogP contribution in [0.4, 0.5) is 8.78 Å². The molecule has 2 amide bonds. The van der Waals surface area contributed by atoms with Gasteiger partial charge in [0.2, 0.25) is 11.7 Å². The molecule has 4 rings (SSSR count). The quantitative estimate of drug-likeness (QED) is 0.903. The third kappa shape index (κ3) is 2.77. The second-order valence-electron chi connectivity index (χ2n) is 7.01. The molecule has 4 unspecified atom stereocenters. The summed E-state index contributed by atoms with van der Waals surface area (Å²) in [6.07, 6.45) is 3.49. The Hall–Kier alpha value is -2.43. The zero-order chi connectivity index (χ0) is 17.8. The lowest BCUT2D eigenvalue weighted by Crippen LogP contribution is -2.39. The first-order chi connectivity index (χ1) is 11.9. The maximum Gasteiger partial charge on any atom is 0.260 e. The van der Waals surface area contributed by atoms with E-state index >= 15 is 0 Å². The van der Waals surface area contributed by atoms with Gasteiger partial charge in [0.15, 0.2) is 0 Å². The zero-order valence-corrected chi connectivity index (χ0v) is 13.4. The monoisotopic (exact) mass is 349 g/mol. The van der Waals surface area contributed by atoms with Gasteiger partial charge in [-0.1, -0.05) is 6.42 Å². The van der Waals surface area contributed by atoms with Crippen LogP contribution in [0.15, 0.2) is 16.7 Å². The van der Waals surface area contributed by atoms with Crippen molar-refractivity contribution in [1.29, 1.82) is 5.26 Å². The Kier molecular flexibility index (Phi) is 3.56. The summed E-state index contributed by atoms with van der Waals surface area (Å²) in [6, 6.07) is 2.79. The molecular formula is C17H17F2N3O3. The first-order valence-electron chi connectivity index (χ1n) is 8.40. The van der Waals surface area contributed by atoms with Crippen molar-refractivity contribution in [3.63, 3.8) is 0 Å². The Morgan fingerprint density at radius 3 is 2.80 bits per heavy atom. The lowest BCUT2D eigenvalue weighted by Gasteiger charge is -2.22. The minimum absolute atomic E-state index is 0.0614. The second kappa shape index (κ2) is 5.55. The fourth-order valence-corrected chi connectivity index (χ4v) is 3.81. The van der Waals surface area contributed by atoms with E-state index in [9.17, 15) is 18.4 Å². The number of carbonyl (C=O) groups is 2. The molecule has 1 N–H and O–H groups in total. The van der Waals surface area contributed by atoms with E-state index in [1.807, 2.05) is 6.07 Å². The van der Waals surface area contributed by atoms with Gasteiger partial charge in [-0.2, -0.15) is 5.26 Å². The minimum atomic E-state index is -2.89. The molecule has 8 heteroatoms. The average Bonchev–Trinajstić information content (AvgIpc) is 3.37. The van der Waals surface area contributed by atoms with Gasteiger partial charge in [-0.3, -0.25) is 9.59 Å². The molecule has 3 fully saturated rings. The molecule has 25 heavy (non-hydrogen) atoms. The lowest BCUT2D eigenvalue weighted by atomic mass is 10.2. The van der Waals surface area contributed by atoms with E-state index in [0.29, 0.717) is 12.1 Å². The van der Waals surface area contributed by atoms with Crippen molar-refractivity contribution in [1.82, 2.24) is 10.2 Å². The summed E-state index contributed by atoms with van der Waals surface area (Å²) < 4.78 is 31.1. The van der Waals surface area contributed by atoms with Gasteiger partial charge >= 0.3 is 0 Å². The van der Waals surface area contributed by atoms with Gasteiger partial charge in [0.25, 0.3) is 11.8 Å². The van der Waals surface area contributed by atoms with Crippen LogP contribution < -0.4 is 5.32 Å². The molecule has 0 bridgehead atoms. The number of carbonyl (C=O) groups excluding carboxylic acids is 2. The molecule has 2 heterocycles. The number of hydrogen-bond acceptors (Lipinski definition) is 4. The summed E-state index contributed by atoms with van der Waals surface area (Å²) in [5.74, 6) is -4.83. The van der Waals surface area contributed by atoms with Gasteiger partial charge in [-0.05, 0) is 12.8 Å². The Balaban J connectivity index is 1.46. The fourth-order valence-electron chi connectivity index (χ4n) is 3.81. The van der Waals surface area contributed by atoms with Crippen LogP contribution in [0.25, 0.3) is 0 Å². The number of halogens is 2. The smallest absolute Gasteiger partial charge is 0.260 e. The summed E-state index contributed by atoms with van der Waals surface area (Å²) >= 11 is 0. The second-order valence-corrected chi connectivity index (χ2v) is 7.01. The van der Waals surface area contributed by atoms with Gasteiger partial charge in [-0.25, -0.2) is 8.78 Å². The molecule has 2 aliphatic carbocycles. The van der Waals surface area contributed by atoms with Crippen LogP contribution in [0.3, 0.4) is 0 Å². The van der Waals surface area contributed by atoms with Gasteiger partial charge in [0, 0.05) is 24.9 Å².